The lowest BCUT2D eigenvalue weighted by Gasteiger charge is -2.41. The van der Waals surface area contributed by atoms with E-state index in [0.29, 0.717) is 38.5 Å². The first-order chi connectivity index (χ1) is 17.1. The Labute approximate surface area is 213 Å². The third-order valence-corrected chi connectivity index (χ3v) is 7.27. The van der Waals surface area contributed by atoms with Crippen molar-refractivity contribution in [2.45, 2.75) is 58.0 Å². The second-order valence-electron chi connectivity index (χ2n) is 10.7. The number of aryl methyl sites for hydroxylation is 1. The highest BCUT2D eigenvalue weighted by molar-refractivity contribution is 5.87. The van der Waals surface area contributed by atoms with Gasteiger partial charge in [0.15, 0.2) is 5.65 Å². The molecule has 196 valence electrons. The predicted molar refractivity (Wildman–Crippen MR) is 139 cm³/mol. The van der Waals surface area contributed by atoms with E-state index in [2.05, 4.69) is 29.2 Å². The average Bonchev–Trinajstić information content (AvgIpc) is 3.46. The van der Waals surface area contributed by atoms with Crippen LogP contribution in [-0.4, -0.2) is 98.8 Å². The van der Waals surface area contributed by atoms with Gasteiger partial charge in [-0.05, 0) is 58.2 Å². The number of carboxylic acid groups (broad SMARTS) is 1. The summed E-state index contributed by atoms with van der Waals surface area (Å²) in [5.74, 6) is 0.424. The zero-order valence-electron chi connectivity index (χ0n) is 22.0. The molecule has 2 saturated heterocycles. The first-order valence-electron chi connectivity index (χ1n) is 12.9. The Balaban J connectivity index is 1.48. The van der Waals surface area contributed by atoms with E-state index < -0.39 is 6.09 Å². The van der Waals surface area contributed by atoms with Crippen molar-refractivity contribution in [3.05, 3.63) is 35.8 Å². The van der Waals surface area contributed by atoms with E-state index in [0.717, 1.165) is 35.6 Å². The van der Waals surface area contributed by atoms with Crippen LogP contribution in [0.3, 0.4) is 0 Å². The Hall–Kier alpha value is -3.14. The summed E-state index contributed by atoms with van der Waals surface area (Å²) in [5, 5.41) is 18.2. The number of hydrogen-bond acceptors (Lipinski definition) is 6. The van der Waals surface area contributed by atoms with Gasteiger partial charge in [0, 0.05) is 44.3 Å². The smallest absolute Gasteiger partial charge is 0.407 e. The summed E-state index contributed by atoms with van der Waals surface area (Å²) >= 11 is 0. The number of rotatable bonds is 7. The zero-order valence-corrected chi connectivity index (χ0v) is 22.0. The molecule has 2 fully saturated rings. The second-order valence-corrected chi connectivity index (χ2v) is 10.7. The van der Waals surface area contributed by atoms with Gasteiger partial charge in [0.2, 0.25) is 5.91 Å². The molecule has 10 nitrogen and oxygen atoms in total. The SMILES string of the molecule is Cc1cc(NC2CCN(C(=O)O)C(C3CCN(C(=O)/C=C/CN(C)C)C3)C2)c2ncc(C(C)C)n2n1. The van der Waals surface area contributed by atoms with E-state index in [4.69, 9.17) is 0 Å². The Bertz CT molecular complexity index is 1130. The summed E-state index contributed by atoms with van der Waals surface area (Å²) in [4.78, 5) is 34.8. The van der Waals surface area contributed by atoms with E-state index in [1.54, 1.807) is 11.0 Å². The minimum absolute atomic E-state index is 0.00151. The second kappa shape index (κ2) is 10.9. The highest BCUT2D eigenvalue weighted by Gasteiger charge is 2.40. The number of imidazole rings is 1. The van der Waals surface area contributed by atoms with Crippen molar-refractivity contribution in [3.8, 4) is 0 Å². The Morgan fingerprint density at radius 1 is 1.28 bits per heavy atom. The van der Waals surface area contributed by atoms with Crippen LogP contribution in [0.2, 0.25) is 0 Å². The van der Waals surface area contributed by atoms with E-state index in [1.165, 1.54) is 0 Å². The molecule has 3 atom stereocenters. The lowest BCUT2D eigenvalue weighted by atomic mass is 9.87. The highest BCUT2D eigenvalue weighted by atomic mass is 16.4. The standard InChI is InChI=1S/C26H39N7O3/c1-17(2)23-15-27-25-21(13-18(3)29-33(23)25)28-20-9-12-32(26(35)36)22(14-20)19-8-11-31(16-19)24(34)7-6-10-30(4)5/h6-7,13,15,17,19-20,22,28H,8-12,14,16H2,1-5H3,(H,35,36)/b7-6+. The molecule has 2 N–H and O–H groups in total. The van der Waals surface area contributed by atoms with Crippen LogP contribution >= 0.6 is 0 Å². The lowest BCUT2D eigenvalue weighted by molar-refractivity contribution is -0.125. The monoisotopic (exact) mass is 497 g/mol. The van der Waals surface area contributed by atoms with Gasteiger partial charge in [-0.15, -0.1) is 0 Å². The summed E-state index contributed by atoms with van der Waals surface area (Å²) < 4.78 is 1.91. The van der Waals surface area contributed by atoms with Crippen LogP contribution in [0.5, 0.6) is 0 Å². The van der Waals surface area contributed by atoms with E-state index >= 15 is 0 Å². The van der Waals surface area contributed by atoms with Crippen LogP contribution in [0, 0.1) is 12.8 Å². The third kappa shape index (κ3) is 5.64. The average molecular weight is 498 g/mol. The molecule has 0 spiro atoms. The number of fused-ring (bicyclic) bond motifs is 1. The molecule has 0 bridgehead atoms. The highest BCUT2D eigenvalue weighted by Crippen LogP contribution is 2.32. The van der Waals surface area contributed by atoms with Crippen molar-refractivity contribution in [3.63, 3.8) is 0 Å². The molecule has 10 heteroatoms. The Morgan fingerprint density at radius 2 is 2.06 bits per heavy atom. The summed E-state index contributed by atoms with van der Waals surface area (Å²) in [5.41, 5.74) is 3.68. The molecule has 4 heterocycles. The number of likely N-dealkylation sites (N-methyl/N-ethyl adjacent to an activating group) is 1. The number of hydrogen-bond donors (Lipinski definition) is 2. The summed E-state index contributed by atoms with van der Waals surface area (Å²) in [6.07, 6.45) is 6.73. The first-order valence-corrected chi connectivity index (χ1v) is 12.9. The number of anilines is 1. The van der Waals surface area contributed by atoms with Crippen molar-refractivity contribution in [1.29, 1.82) is 0 Å². The molecule has 2 amide bonds. The van der Waals surface area contributed by atoms with Crippen molar-refractivity contribution in [2.75, 3.05) is 45.6 Å². The van der Waals surface area contributed by atoms with E-state index in [1.807, 2.05) is 53.7 Å². The Morgan fingerprint density at radius 3 is 2.75 bits per heavy atom. The van der Waals surface area contributed by atoms with Gasteiger partial charge in [-0.2, -0.15) is 5.10 Å². The topological polar surface area (TPSA) is 106 Å². The van der Waals surface area contributed by atoms with Gasteiger partial charge < -0.3 is 25.1 Å². The molecule has 2 aromatic heterocycles. The molecule has 3 unspecified atom stereocenters. The third-order valence-electron chi connectivity index (χ3n) is 7.27. The molecular formula is C26H39N7O3. The molecule has 0 saturated carbocycles. The van der Waals surface area contributed by atoms with Crippen LogP contribution in [0.4, 0.5) is 10.5 Å². The molecule has 0 aliphatic carbocycles. The fraction of sp³-hybridized carbons (Fsp3) is 0.615. The number of carbonyl (C=O) groups is 2. The van der Waals surface area contributed by atoms with Gasteiger partial charge >= 0.3 is 6.09 Å². The number of aromatic nitrogens is 3. The number of carbonyl (C=O) groups excluding carboxylic acids is 1. The maximum absolute atomic E-state index is 12.6. The zero-order chi connectivity index (χ0) is 26.0. The van der Waals surface area contributed by atoms with Gasteiger partial charge in [0.05, 0.1) is 23.3 Å². The maximum atomic E-state index is 12.6. The maximum Gasteiger partial charge on any atom is 0.407 e. The van der Waals surface area contributed by atoms with E-state index in [9.17, 15) is 14.7 Å². The summed E-state index contributed by atoms with van der Waals surface area (Å²) in [7, 11) is 3.92. The summed E-state index contributed by atoms with van der Waals surface area (Å²) in [6.45, 7) is 8.65. The molecular weight excluding hydrogens is 458 g/mol. The minimum atomic E-state index is -0.883. The molecule has 2 aromatic rings. The largest absolute Gasteiger partial charge is 0.465 e. The minimum Gasteiger partial charge on any atom is -0.465 e. The predicted octanol–water partition coefficient (Wildman–Crippen LogP) is 3.05. The van der Waals surface area contributed by atoms with Crippen LogP contribution < -0.4 is 5.32 Å². The van der Waals surface area contributed by atoms with Crippen LogP contribution in [0.15, 0.2) is 24.4 Å². The van der Waals surface area contributed by atoms with Crippen LogP contribution in [-0.2, 0) is 4.79 Å². The number of nitrogens with one attached hydrogen (secondary N) is 1. The number of piperidine rings is 1. The molecule has 4 rings (SSSR count). The van der Waals surface area contributed by atoms with Crippen molar-refractivity contribution in [1.82, 2.24) is 29.3 Å². The van der Waals surface area contributed by atoms with Gasteiger partial charge in [0.1, 0.15) is 0 Å². The fourth-order valence-electron chi connectivity index (χ4n) is 5.41. The molecule has 0 aromatic carbocycles. The van der Waals surface area contributed by atoms with E-state index in [-0.39, 0.29) is 23.9 Å². The van der Waals surface area contributed by atoms with Crippen molar-refractivity contribution >= 4 is 23.3 Å². The van der Waals surface area contributed by atoms with Crippen LogP contribution in [0.1, 0.15) is 50.4 Å². The molecule has 2 aliphatic heterocycles. The van der Waals surface area contributed by atoms with Gasteiger partial charge in [-0.3, -0.25) is 4.79 Å². The molecule has 0 radical (unpaired) electrons. The number of likely N-dealkylation sites (tertiary alicyclic amines) is 2. The molecule has 2 aliphatic rings. The first kappa shape index (κ1) is 25.9. The van der Waals surface area contributed by atoms with Gasteiger partial charge in [-0.1, -0.05) is 19.9 Å². The quantitative estimate of drug-likeness (QED) is 0.566. The Kier molecular flexibility index (Phi) is 7.82. The summed E-state index contributed by atoms with van der Waals surface area (Å²) in [6, 6.07) is 1.99. The fourth-order valence-corrected chi connectivity index (χ4v) is 5.41. The number of amides is 2. The number of nitrogens with zero attached hydrogens (tertiary/aromatic N) is 6. The lowest BCUT2D eigenvalue weighted by Crippen LogP contribution is -2.52. The van der Waals surface area contributed by atoms with Crippen molar-refractivity contribution in [2.24, 2.45) is 5.92 Å². The van der Waals surface area contributed by atoms with Gasteiger partial charge in [-0.25, -0.2) is 14.3 Å². The molecule has 36 heavy (non-hydrogen) atoms. The van der Waals surface area contributed by atoms with Crippen LogP contribution in [0.25, 0.3) is 5.65 Å². The van der Waals surface area contributed by atoms with Gasteiger partial charge in [0.25, 0.3) is 0 Å². The normalized spacial score (nSPS) is 22.9. The van der Waals surface area contributed by atoms with Crippen molar-refractivity contribution < 1.29 is 14.7 Å².